The molecule has 1 heterocycles. The van der Waals surface area contributed by atoms with Gasteiger partial charge in [-0.25, -0.2) is 0 Å². The van der Waals surface area contributed by atoms with Gasteiger partial charge in [0.2, 0.25) is 0 Å². The number of hydrogen-bond donors (Lipinski definition) is 1. The number of carboxylic acid groups (broad SMARTS) is 1. The van der Waals surface area contributed by atoms with E-state index in [1.807, 2.05) is 0 Å². The van der Waals surface area contributed by atoms with E-state index in [0.717, 1.165) is 51.4 Å². The maximum atomic E-state index is 13.0. The van der Waals surface area contributed by atoms with Crippen molar-refractivity contribution in [1.82, 2.24) is 0 Å². The van der Waals surface area contributed by atoms with E-state index in [-0.39, 0.29) is 33.0 Å². The molecule has 4 nitrogen and oxygen atoms in total. The van der Waals surface area contributed by atoms with Crippen molar-refractivity contribution in [3.05, 3.63) is 23.8 Å². The van der Waals surface area contributed by atoms with Gasteiger partial charge in [0.1, 0.15) is 0 Å². The number of carboxylic acids is 1. The zero-order valence-corrected chi connectivity index (χ0v) is 25.2. The van der Waals surface area contributed by atoms with Gasteiger partial charge in [0.15, 0.2) is 5.79 Å². The average molecular weight is 525 g/mol. The molecular formula is C34H52O4. The second-order valence-corrected chi connectivity index (χ2v) is 16.3. The van der Waals surface area contributed by atoms with E-state index >= 15 is 0 Å². The molecule has 0 radical (unpaired) electrons. The number of fused-ring (bicyclic) bond motifs is 7. The van der Waals surface area contributed by atoms with E-state index in [1.165, 1.54) is 24.0 Å². The lowest BCUT2D eigenvalue weighted by atomic mass is 9.32. The summed E-state index contributed by atoms with van der Waals surface area (Å²) in [5.74, 6) is 0.194. The van der Waals surface area contributed by atoms with Crippen LogP contribution in [0.4, 0.5) is 0 Å². The summed E-state index contributed by atoms with van der Waals surface area (Å²) < 4.78 is 12.8. The SMILES string of the molecule is C=CC1=C2C3CC(C)(C)CCC3(C(=O)O)CCC2(C)C2(C)CCC3C(C)(CCC4(OCCO4)C3(C)C)C2C1. The van der Waals surface area contributed by atoms with Gasteiger partial charge in [0, 0.05) is 11.8 Å². The highest BCUT2D eigenvalue weighted by molar-refractivity contribution is 5.77. The van der Waals surface area contributed by atoms with Crippen LogP contribution < -0.4 is 0 Å². The highest BCUT2D eigenvalue weighted by Gasteiger charge is 2.72. The molecule has 6 aliphatic rings. The molecule has 1 aliphatic heterocycles. The molecule has 0 aromatic carbocycles. The van der Waals surface area contributed by atoms with E-state index < -0.39 is 17.2 Å². The van der Waals surface area contributed by atoms with Crippen LogP contribution in [0.2, 0.25) is 0 Å². The smallest absolute Gasteiger partial charge is 0.310 e. The van der Waals surface area contributed by atoms with Gasteiger partial charge in [0.05, 0.1) is 18.6 Å². The Morgan fingerprint density at radius 1 is 0.895 bits per heavy atom. The fourth-order valence-corrected chi connectivity index (χ4v) is 11.9. The van der Waals surface area contributed by atoms with Crippen LogP contribution in [-0.4, -0.2) is 30.1 Å². The van der Waals surface area contributed by atoms with Crippen LogP contribution in [0.5, 0.6) is 0 Å². The molecule has 38 heavy (non-hydrogen) atoms. The predicted molar refractivity (Wildman–Crippen MR) is 150 cm³/mol. The summed E-state index contributed by atoms with van der Waals surface area (Å²) in [6.07, 6.45) is 12.2. The van der Waals surface area contributed by atoms with Crippen molar-refractivity contribution in [3.8, 4) is 0 Å². The molecule has 0 aromatic rings. The second kappa shape index (κ2) is 7.99. The summed E-state index contributed by atoms with van der Waals surface area (Å²) in [4.78, 5) is 13.0. The minimum absolute atomic E-state index is 0.00406. The van der Waals surface area contributed by atoms with Crippen LogP contribution in [0.15, 0.2) is 23.8 Å². The lowest BCUT2D eigenvalue weighted by Crippen LogP contribution is -2.67. The van der Waals surface area contributed by atoms with E-state index in [2.05, 4.69) is 61.1 Å². The molecule has 1 spiro atoms. The van der Waals surface area contributed by atoms with Crippen molar-refractivity contribution in [2.24, 2.45) is 50.2 Å². The van der Waals surface area contributed by atoms with Crippen molar-refractivity contribution in [2.45, 2.75) is 118 Å². The number of aliphatic carboxylic acids is 1. The maximum Gasteiger partial charge on any atom is 0.310 e. The Morgan fingerprint density at radius 3 is 2.18 bits per heavy atom. The highest BCUT2D eigenvalue weighted by Crippen LogP contribution is 2.77. The zero-order valence-electron chi connectivity index (χ0n) is 25.2. The largest absolute Gasteiger partial charge is 0.481 e. The van der Waals surface area contributed by atoms with Crippen molar-refractivity contribution >= 4 is 5.97 Å². The van der Waals surface area contributed by atoms with Gasteiger partial charge >= 0.3 is 5.97 Å². The number of ether oxygens (including phenoxy) is 2. The Kier molecular flexibility index (Phi) is 5.69. The predicted octanol–water partition coefficient (Wildman–Crippen LogP) is 8.17. The highest BCUT2D eigenvalue weighted by atomic mass is 16.7. The first-order valence-electron chi connectivity index (χ1n) is 15.5. The minimum Gasteiger partial charge on any atom is -0.481 e. The van der Waals surface area contributed by atoms with Crippen LogP contribution in [0, 0.1) is 50.2 Å². The molecule has 6 rings (SSSR count). The van der Waals surface area contributed by atoms with Gasteiger partial charge in [-0.05, 0) is 103 Å². The Balaban J connectivity index is 1.48. The van der Waals surface area contributed by atoms with E-state index in [4.69, 9.17) is 9.47 Å². The quantitative estimate of drug-likeness (QED) is 0.396. The summed E-state index contributed by atoms with van der Waals surface area (Å²) >= 11 is 0. The van der Waals surface area contributed by atoms with Crippen molar-refractivity contribution in [1.29, 1.82) is 0 Å². The number of carbonyl (C=O) groups is 1. The summed E-state index contributed by atoms with van der Waals surface area (Å²) in [5, 5.41) is 10.7. The lowest BCUT2D eigenvalue weighted by Gasteiger charge is -2.72. The number of hydrogen-bond acceptors (Lipinski definition) is 3. The molecule has 1 N–H and O–H groups in total. The summed E-state index contributed by atoms with van der Waals surface area (Å²) in [5.41, 5.74) is 2.72. The Labute approximate surface area is 231 Å². The molecule has 4 saturated carbocycles. The van der Waals surface area contributed by atoms with E-state index in [0.29, 0.717) is 25.0 Å². The van der Waals surface area contributed by atoms with Crippen LogP contribution in [0.1, 0.15) is 113 Å². The Morgan fingerprint density at radius 2 is 1.55 bits per heavy atom. The molecule has 212 valence electrons. The third-order valence-corrected chi connectivity index (χ3v) is 14.3. The van der Waals surface area contributed by atoms with Crippen LogP contribution >= 0.6 is 0 Å². The molecule has 0 bridgehead atoms. The Bertz CT molecular complexity index is 1080. The third kappa shape index (κ3) is 3.09. The van der Waals surface area contributed by atoms with Crippen LogP contribution in [-0.2, 0) is 14.3 Å². The Hall–Kier alpha value is -1.13. The standard InChI is InChI=1S/C34H52O4/c1-9-22-20-25-30(6)13-17-34(37-18-19-38-34)29(4,5)24(30)10-11-31(25,7)32(8)14-16-33(27(35)36)15-12-28(2,3)21-23(33)26(22)32/h9,23-25H,1,10-21H2,2-8H3,(H,35,36). The van der Waals surface area contributed by atoms with Gasteiger partial charge in [0.25, 0.3) is 0 Å². The molecule has 0 aromatic heterocycles. The summed E-state index contributed by atoms with van der Waals surface area (Å²) in [6, 6.07) is 0. The number of rotatable bonds is 2. The van der Waals surface area contributed by atoms with Gasteiger partial charge in [-0.2, -0.15) is 0 Å². The van der Waals surface area contributed by atoms with Crippen molar-refractivity contribution < 1.29 is 19.4 Å². The third-order valence-electron chi connectivity index (χ3n) is 14.3. The monoisotopic (exact) mass is 524 g/mol. The van der Waals surface area contributed by atoms with Crippen LogP contribution in [0.25, 0.3) is 0 Å². The molecular weight excluding hydrogens is 472 g/mol. The molecule has 5 fully saturated rings. The van der Waals surface area contributed by atoms with Gasteiger partial charge in [-0.15, -0.1) is 0 Å². The summed E-state index contributed by atoms with van der Waals surface area (Å²) in [7, 11) is 0. The molecule has 5 aliphatic carbocycles. The molecule has 7 atom stereocenters. The first-order valence-corrected chi connectivity index (χ1v) is 15.5. The number of allylic oxidation sites excluding steroid dienone is 3. The van der Waals surface area contributed by atoms with Crippen LogP contribution in [0.3, 0.4) is 0 Å². The minimum atomic E-state index is -0.612. The molecule has 4 heteroatoms. The second-order valence-electron chi connectivity index (χ2n) is 16.3. The van der Waals surface area contributed by atoms with E-state index in [9.17, 15) is 9.90 Å². The molecule has 7 unspecified atom stereocenters. The first-order chi connectivity index (χ1) is 17.6. The normalized spacial score (nSPS) is 48.4. The fraction of sp³-hybridized carbons (Fsp3) is 0.853. The average Bonchev–Trinajstić information content (AvgIpc) is 3.32. The first kappa shape index (κ1) is 27.1. The zero-order chi connectivity index (χ0) is 27.6. The van der Waals surface area contributed by atoms with Gasteiger partial charge in [-0.1, -0.05) is 66.7 Å². The fourth-order valence-electron chi connectivity index (χ4n) is 11.9. The van der Waals surface area contributed by atoms with E-state index in [1.54, 1.807) is 0 Å². The van der Waals surface area contributed by atoms with Crippen molar-refractivity contribution in [2.75, 3.05) is 13.2 Å². The molecule has 0 amide bonds. The van der Waals surface area contributed by atoms with Crippen molar-refractivity contribution in [3.63, 3.8) is 0 Å². The lowest BCUT2D eigenvalue weighted by molar-refractivity contribution is -0.307. The maximum absolute atomic E-state index is 13.0. The summed E-state index contributed by atoms with van der Waals surface area (Å²) in [6.45, 7) is 23.0. The topological polar surface area (TPSA) is 55.8 Å². The van der Waals surface area contributed by atoms with Gasteiger partial charge < -0.3 is 14.6 Å². The molecule has 1 saturated heterocycles. The van der Waals surface area contributed by atoms with Gasteiger partial charge in [-0.3, -0.25) is 4.79 Å².